The van der Waals surface area contributed by atoms with Gasteiger partial charge in [-0.05, 0) is 19.8 Å². The van der Waals surface area contributed by atoms with E-state index in [9.17, 15) is 18.0 Å². The Morgan fingerprint density at radius 2 is 1.84 bits per heavy atom. The number of hydrogen-bond acceptors (Lipinski definition) is 4. The van der Waals surface area contributed by atoms with Crippen LogP contribution in [0.2, 0.25) is 0 Å². The quantitative estimate of drug-likeness (QED) is 0.699. The molecule has 0 spiro atoms. The molecule has 0 N–H and O–H groups in total. The number of nitrogens with zero attached hydrogens (tertiary/aromatic N) is 2. The van der Waals surface area contributed by atoms with Gasteiger partial charge in [0.15, 0.2) is 0 Å². The number of carbonyl (C=O) groups is 2. The van der Waals surface area contributed by atoms with Gasteiger partial charge in [0.25, 0.3) is 0 Å². The van der Waals surface area contributed by atoms with E-state index >= 15 is 0 Å². The predicted molar refractivity (Wildman–Crippen MR) is 69.7 cm³/mol. The van der Waals surface area contributed by atoms with Gasteiger partial charge >= 0.3 is 0 Å². The van der Waals surface area contributed by atoms with Crippen molar-refractivity contribution >= 4 is 21.8 Å². The summed E-state index contributed by atoms with van der Waals surface area (Å²) in [7, 11) is -3.25. The van der Waals surface area contributed by atoms with Crippen molar-refractivity contribution in [1.82, 2.24) is 9.21 Å². The van der Waals surface area contributed by atoms with Crippen molar-refractivity contribution in [1.29, 1.82) is 0 Å². The van der Waals surface area contributed by atoms with Crippen molar-refractivity contribution in [2.24, 2.45) is 0 Å². The fraction of sp³-hybridized carbons (Fsp3) is 0.833. The zero-order valence-electron chi connectivity index (χ0n) is 11.3. The molecule has 2 unspecified atom stereocenters. The molecule has 2 saturated heterocycles. The third-order valence-corrected chi connectivity index (χ3v) is 6.40. The highest BCUT2D eigenvalue weighted by molar-refractivity contribution is 7.90. The lowest BCUT2D eigenvalue weighted by molar-refractivity contribution is -0.140. The van der Waals surface area contributed by atoms with Crippen LogP contribution in [0.3, 0.4) is 0 Å². The van der Waals surface area contributed by atoms with Crippen LogP contribution >= 0.6 is 0 Å². The Morgan fingerprint density at radius 1 is 1.26 bits per heavy atom. The van der Waals surface area contributed by atoms with E-state index in [1.165, 1.54) is 9.21 Å². The lowest BCUT2D eigenvalue weighted by atomic mass is 10.1. The molecule has 0 radical (unpaired) electrons. The zero-order valence-corrected chi connectivity index (χ0v) is 12.1. The van der Waals surface area contributed by atoms with Gasteiger partial charge in [0.05, 0.1) is 5.25 Å². The second-order valence-corrected chi connectivity index (χ2v) is 7.40. The van der Waals surface area contributed by atoms with Gasteiger partial charge in [-0.1, -0.05) is 6.92 Å². The molecule has 0 aromatic rings. The SMILES string of the molecule is CCN1CCC(CC(C)N2C(=O)CCC2=O)S1(=O)=O. The number of sulfonamides is 1. The molecular weight excluding hydrogens is 268 g/mol. The van der Waals surface area contributed by atoms with Crippen LogP contribution in [0.5, 0.6) is 0 Å². The largest absolute Gasteiger partial charge is 0.280 e. The van der Waals surface area contributed by atoms with Gasteiger partial charge < -0.3 is 0 Å². The molecule has 2 fully saturated rings. The van der Waals surface area contributed by atoms with Gasteiger partial charge in [0.2, 0.25) is 21.8 Å². The number of likely N-dealkylation sites (tertiary alicyclic amines) is 1. The van der Waals surface area contributed by atoms with Crippen LogP contribution in [-0.2, 0) is 19.6 Å². The molecular formula is C12H20N2O4S. The first-order chi connectivity index (χ1) is 8.87. The highest BCUT2D eigenvalue weighted by atomic mass is 32.2. The summed E-state index contributed by atoms with van der Waals surface area (Å²) in [5, 5.41) is -0.469. The van der Waals surface area contributed by atoms with Gasteiger partial charge in [-0.2, -0.15) is 0 Å². The first-order valence-corrected chi connectivity index (χ1v) is 8.22. The minimum atomic E-state index is -3.25. The molecule has 7 heteroatoms. The van der Waals surface area contributed by atoms with E-state index in [0.29, 0.717) is 25.9 Å². The monoisotopic (exact) mass is 288 g/mol. The average Bonchev–Trinajstić information content (AvgIpc) is 2.80. The number of rotatable bonds is 4. The van der Waals surface area contributed by atoms with Crippen LogP contribution in [0.15, 0.2) is 0 Å². The van der Waals surface area contributed by atoms with Gasteiger partial charge in [-0.3, -0.25) is 14.5 Å². The molecule has 2 atom stereocenters. The number of carbonyl (C=O) groups excluding carboxylic acids is 2. The molecule has 19 heavy (non-hydrogen) atoms. The minimum Gasteiger partial charge on any atom is -0.280 e. The van der Waals surface area contributed by atoms with E-state index in [-0.39, 0.29) is 30.7 Å². The van der Waals surface area contributed by atoms with Crippen LogP contribution in [-0.4, -0.2) is 53.8 Å². The Hall–Kier alpha value is -0.950. The minimum absolute atomic E-state index is 0.180. The third-order valence-electron chi connectivity index (χ3n) is 3.97. The Labute approximate surface area is 113 Å². The second-order valence-electron chi connectivity index (χ2n) is 5.19. The second kappa shape index (κ2) is 5.20. The Bertz CT molecular complexity index is 472. The Morgan fingerprint density at radius 3 is 2.32 bits per heavy atom. The van der Waals surface area contributed by atoms with Gasteiger partial charge in [0.1, 0.15) is 0 Å². The number of imide groups is 1. The number of hydrogen-bond donors (Lipinski definition) is 0. The molecule has 0 aromatic heterocycles. The summed E-state index contributed by atoms with van der Waals surface area (Å²) in [6, 6.07) is -0.334. The zero-order chi connectivity index (χ0) is 14.2. The maximum Gasteiger partial charge on any atom is 0.229 e. The highest BCUT2D eigenvalue weighted by Crippen LogP contribution is 2.28. The van der Waals surface area contributed by atoms with Crippen LogP contribution in [0.25, 0.3) is 0 Å². The summed E-state index contributed by atoms with van der Waals surface area (Å²) in [6.45, 7) is 4.59. The van der Waals surface area contributed by atoms with Crippen molar-refractivity contribution in [3.05, 3.63) is 0 Å². The van der Waals surface area contributed by atoms with Gasteiger partial charge in [0, 0.05) is 32.0 Å². The van der Waals surface area contributed by atoms with Crippen molar-refractivity contribution in [3.8, 4) is 0 Å². The fourth-order valence-electron chi connectivity index (χ4n) is 2.92. The third kappa shape index (κ3) is 2.53. The molecule has 2 amide bonds. The van der Waals surface area contributed by atoms with Crippen molar-refractivity contribution in [2.75, 3.05) is 13.1 Å². The Balaban J connectivity index is 2.06. The van der Waals surface area contributed by atoms with Crippen molar-refractivity contribution < 1.29 is 18.0 Å². The molecule has 2 aliphatic heterocycles. The van der Waals surface area contributed by atoms with Crippen molar-refractivity contribution in [3.63, 3.8) is 0 Å². The van der Waals surface area contributed by atoms with E-state index in [1.54, 1.807) is 6.92 Å². The molecule has 108 valence electrons. The van der Waals surface area contributed by atoms with E-state index in [1.807, 2.05) is 6.92 Å². The van der Waals surface area contributed by atoms with E-state index in [0.717, 1.165) is 0 Å². The lowest BCUT2D eigenvalue weighted by Gasteiger charge is -2.25. The van der Waals surface area contributed by atoms with E-state index in [4.69, 9.17) is 0 Å². The average molecular weight is 288 g/mol. The normalized spacial score (nSPS) is 29.2. The highest BCUT2D eigenvalue weighted by Gasteiger charge is 2.41. The summed E-state index contributed by atoms with van der Waals surface area (Å²) in [6.07, 6.45) is 1.43. The van der Waals surface area contributed by atoms with Crippen LogP contribution in [0.1, 0.15) is 39.5 Å². The topological polar surface area (TPSA) is 74.8 Å². The molecule has 6 nitrogen and oxygen atoms in total. The summed E-state index contributed by atoms with van der Waals surface area (Å²) < 4.78 is 25.8. The van der Waals surface area contributed by atoms with Crippen molar-refractivity contribution in [2.45, 2.75) is 50.8 Å². The molecule has 0 aliphatic carbocycles. The van der Waals surface area contributed by atoms with Gasteiger partial charge in [-0.15, -0.1) is 0 Å². The summed E-state index contributed by atoms with van der Waals surface area (Å²) in [5.74, 6) is -0.361. The molecule has 2 heterocycles. The summed E-state index contributed by atoms with van der Waals surface area (Å²) in [4.78, 5) is 24.5. The summed E-state index contributed by atoms with van der Waals surface area (Å²) in [5.41, 5.74) is 0. The smallest absolute Gasteiger partial charge is 0.229 e. The fourth-order valence-corrected chi connectivity index (χ4v) is 4.99. The molecule has 2 rings (SSSR count). The maximum atomic E-state index is 12.2. The molecule has 0 aromatic carbocycles. The van der Waals surface area contributed by atoms with E-state index in [2.05, 4.69) is 0 Å². The lowest BCUT2D eigenvalue weighted by Crippen LogP contribution is -2.41. The van der Waals surface area contributed by atoms with Crippen LogP contribution < -0.4 is 0 Å². The number of amides is 2. The Kier molecular flexibility index (Phi) is 3.96. The van der Waals surface area contributed by atoms with E-state index < -0.39 is 15.3 Å². The van der Waals surface area contributed by atoms with Gasteiger partial charge in [-0.25, -0.2) is 12.7 Å². The first kappa shape index (κ1) is 14.5. The predicted octanol–water partition coefficient (Wildman–Crippen LogP) is 0.338. The standard InChI is InChI=1S/C12H20N2O4S/c1-3-13-7-6-10(19(13,17)18)8-9(2)14-11(15)4-5-12(14)16/h9-10H,3-8H2,1-2H3. The van der Waals surface area contributed by atoms with Crippen LogP contribution in [0.4, 0.5) is 0 Å². The van der Waals surface area contributed by atoms with Crippen LogP contribution in [0, 0.1) is 0 Å². The molecule has 2 aliphatic rings. The first-order valence-electron chi connectivity index (χ1n) is 6.71. The summed E-state index contributed by atoms with van der Waals surface area (Å²) >= 11 is 0. The molecule has 0 bridgehead atoms. The maximum absolute atomic E-state index is 12.2. The molecule has 0 saturated carbocycles.